The summed E-state index contributed by atoms with van der Waals surface area (Å²) in [7, 11) is -4.45. The van der Waals surface area contributed by atoms with Crippen molar-refractivity contribution in [3.05, 3.63) is 83.6 Å². The molecule has 24 nitrogen and oxygen atoms in total. The van der Waals surface area contributed by atoms with E-state index in [9.17, 15) is 51.6 Å². The van der Waals surface area contributed by atoms with E-state index < -0.39 is 94.6 Å². The fourth-order valence-corrected chi connectivity index (χ4v) is 7.53. The molecule has 0 unspecified atom stereocenters. The molecule has 25 heteroatoms. The van der Waals surface area contributed by atoms with Crippen LogP contribution in [0.2, 0.25) is 0 Å². The Bertz CT molecular complexity index is 2490. The van der Waals surface area contributed by atoms with Crippen molar-refractivity contribution >= 4 is 69.5 Å². The highest BCUT2D eigenvalue weighted by Crippen LogP contribution is 2.16. The number of guanidine groups is 1. The van der Waals surface area contributed by atoms with Crippen molar-refractivity contribution in [1.82, 2.24) is 47.5 Å². The predicted octanol–water partition coefficient (Wildman–Crippen LogP) is -0.956. The zero-order valence-corrected chi connectivity index (χ0v) is 38.6. The second kappa shape index (κ2) is 25.5. The van der Waals surface area contributed by atoms with Gasteiger partial charge in [-0.25, -0.2) is 4.98 Å². The molecule has 3 aromatic rings. The maximum atomic E-state index is 14.0. The van der Waals surface area contributed by atoms with Crippen molar-refractivity contribution in [3.63, 3.8) is 0 Å². The number of ether oxygens (including phenoxy) is 1. The number of pyridine rings is 1. The average molecular weight is 977 g/mol. The third-order valence-electron chi connectivity index (χ3n) is 10.4. The summed E-state index contributed by atoms with van der Waals surface area (Å²) in [6, 6.07) is 10.1. The monoisotopic (exact) mass is 976 g/mol. The summed E-state index contributed by atoms with van der Waals surface area (Å²) < 4.78 is 38.4. The van der Waals surface area contributed by atoms with Crippen LogP contribution in [0.3, 0.4) is 0 Å². The summed E-state index contributed by atoms with van der Waals surface area (Å²) in [5.41, 5.74) is 3.59. The molecular weight excluding hydrogens is 921 g/mol. The molecule has 4 atom stereocenters. The van der Waals surface area contributed by atoms with E-state index in [-0.39, 0.29) is 47.8 Å². The number of carbonyl (C=O) groups excluding carboxylic acids is 6. The van der Waals surface area contributed by atoms with Crippen LogP contribution in [0.4, 0.5) is 5.82 Å². The smallest absolute Gasteiger partial charge is 0.305 e. The molecule has 370 valence electrons. The first-order valence-electron chi connectivity index (χ1n) is 22.0. The maximum absolute atomic E-state index is 14.0. The van der Waals surface area contributed by atoms with E-state index in [0.29, 0.717) is 49.7 Å². The quantitative estimate of drug-likeness (QED) is 0.0298. The van der Waals surface area contributed by atoms with Gasteiger partial charge in [-0.2, -0.15) is 13.5 Å². The second-order valence-corrected chi connectivity index (χ2v) is 17.5. The molecule has 2 aliphatic rings. The van der Waals surface area contributed by atoms with Crippen LogP contribution < -0.4 is 52.7 Å². The van der Waals surface area contributed by atoms with Crippen molar-refractivity contribution in [2.24, 2.45) is 16.0 Å². The standard InChI is InChI=1S/C44H56N12O12S/c1-26(2)38-43(64)53-31(8-5-16-46-44-47-18-19-48-44)40(61)50-25-36(57)52-33(22-37(58)59)41(62)54-32(42(63)55-38)21-27-10-13-30(14-11-27)68-20-6-17-45-39(60)29-12-15-35(49-23-29)56-51-24-28-7-3-4-9-34(28)69(65,66)67/h3-4,7,9-15,23-24,26,31-33,38H,5-6,8,16-22,25H2,1-2H3,(H,45,60)(H,49,56)(H,50,61)(H,52,57)(H,53,64)(H,54,62)(H,55,63)(H,58,59)(H2,46,47,48)(H,65,66,67)/b51-24+/t31-,32+,33-,38-/m0/s1. The molecule has 3 heterocycles. The molecule has 6 amide bonds. The Kier molecular flexibility index (Phi) is 19.3. The largest absolute Gasteiger partial charge is 0.494 e. The number of carboxylic acid groups (broad SMARTS) is 1. The molecule has 1 aromatic heterocycles. The Hall–Kier alpha value is -7.67. The number of nitrogens with zero attached hydrogens (tertiary/aromatic N) is 3. The molecule has 69 heavy (non-hydrogen) atoms. The van der Waals surface area contributed by atoms with Gasteiger partial charge in [0.25, 0.3) is 16.0 Å². The fraction of sp³-hybridized carbons (Fsp3) is 0.409. The molecule has 2 aromatic carbocycles. The summed E-state index contributed by atoms with van der Waals surface area (Å²) in [6.45, 7) is 4.95. The molecular formula is C44H56N12O12S. The van der Waals surface area contributed by atoms with Crippen LogP contribution in [0.15, 0.2) is 81.8 Å². The van der Waals surface area contributed by atoms with Crippen molar-refractivity contribution < 1.29 is 56.4 Å². The van der Waals surface area contributed by atoms with Crippen LogP contribution in [-0.2, 0) is 45.3 Å². The Morgan fingerprint density at radius 3 is 2.29 bits per heavy atom. The van der Waals surface area contributed by atoms with E-state index >= 15 is 0 Å². The molecule has 2 aliphatic heterocycles. The molecule has 0 aliphatic carbocycles. The van der Waals surface area contributed by atoms with Crippen molar-refractivity contribution in [3.8, 4) is 5.75 Å². The average Bonchev–Trinajstić information content (AvgIpc) is 3.84. The Morgan fingerprint density at radius 2 is 1.61 bits per heavy atom. The highest BCUT2D eigenvalue weighted by molar-refractivity contribution is 7.86. The molecule has 0 saturated carbocycles. The summed E-state index contributed by atoms with van der Waals surface area (Å²) in [6.07, 6.45) is 2.56. The van der Waals surface area contributed by atoms with Gasteiger partial charge >= 0.3 is 5.97 Å². The highest BCUT2D eigenvalue weighted by Gasteiger charge is 2.34. The molecule has 11 N–H and O–H groups in total. The number of hydrogen-bond acceptors (Lipinski definition) is 16. The maximum Gasteiger partial charge on any atom is 0.305 e. The number of benzene rings is 2. The van der Waals surface area contributed by atoms with Crippen LogP contribution in [0.5, 0.6) is 5.75 Å². The first-order chi connectivity index (χ1) is 33.0. The number of carboxylic acids is 1. The van der Waals surface area contributed by atoms with E-state index in [1.54, 1.807) is 44.2 Å². The lowest BCUT2D eigenvalue weighted by Gasteiger charge is -2.27. The van der Waals surface area contributed by atoms with E-state index in [2.05, 4.69) is 63.0 Å². The van der Waals surface area contributed by atoms with Gasteiger partial charge in [0.1, 0.15) is 40.6 Å². The highest BCUT2D eigenvalue weighted by atomic mass is 32.2. The van der Waals surface area contributed by atoms with E-state index in [0.717, 1.165) is 0 Å². The Labute approximate surface area is 397 Å². The van der Waals surface area contributed by atoms with Crippen molar-refractivity contribution in [2.45, 2.75) is 75.0 Å². The number of aliphatic imine (C=N–C) groups is 1. The summed E-state index contributed by atoms with van der Waals surface area (Å²) in [5, 5.41) is 35.2. The SMILES string of the molecule is CC(C)[C@@H]1NC(=O)[C@@H](Cc2ccc(OCCCNC(=O)c3ccc(N/N=C/c4ccccc4S(=O)(=O)O)nc3)cc2)NC(=O)[C@H](CC(=O)O)NC(=O)CNC(=O)[C@H](CCCNC2=NCCN2)NC1=O. The number of aliphatic carboxylic acids is 1. The predicted molar refractivity (Wildman–Crippen MR) is 250 cm³/mol. The van der Waals surface area contributed by atoms with E-state index in [1.807, 2.05) is 0 Å². The van der Waals surface area contributed by atoms with Crippen LogP contribution in [0.25, 0.3) is 0 Å². The molecule has 0 bridgehead atoms. The van der Waals surface area contributed by atoms with Crippen LogP contribution in [0.1, 0.15) is 61.0 Å². The molecule has 1 fully saturated rings. The zero-order valence-electron chi connectivity index (χ0n) is 37.8. The number of rotatable bonds is 19. The lowest BCUT2D eigenvalue weighted by molar-refractivity contribution is -0.141. The van der Waals surface area contributed by atoms with Gasteiger partial charge < -0.3 is 52.4 Å². The van der Waals surface area contributed by atoms with Crippen LogP contribution in [0, 0.1) is 5.92 Å². The van der Waals surface area contributed by atoms with Gasteiger partial charge in [0.05, 0.1) is 37.9 Å². The lowest BCUT2D eigenvalue weighted by Crippen LogP contribution is -2.59. The number of hydrogen-bond donors (Lipinski definition) is 11. The normalized spacial score (nSPS) is 19.4. The van der Waals surface area contributed by atoms with Gasteiger partial charge in [-0.3, -0.25) is 48.5 Å². The first-order valence-corrected chi connectivity index (χ1v) is 23.4. The minimum atomic E-state index is -4.45. The van der Waals surface area contributed by atoms with E-state index in [1.165, 1.54) is 42.7 Å². The molecule has 1 saturated heterocycles. The lowest BCUT2D eigenvalue weighted by atomic mass is 9.99. The summed E-state index contributed by atoms with van der Waals surface area (Å²) in [4.78, 5) is 100. The number of nitrogens with one attached hydrogen (secondary N) is 9. The number of carbonyl (C=O) groups is 7. The topological polar surface area (TPSA) is 349 Å². The van der Waals surface area contributed by atoms with Crippen molar-refractivity contribution in [1.29, 1.82) is 0 Å². The van der Waals surface area contributed by atoms with Crippen LogP contribution in [-0.4, -0.2) is 140 Å². The van der Waals surface area contributed by atoms with Crippen LogP contribution >= 0.6 is 0 Å². The van der Waals surface area contributed by atoms with Gasteiger partial charge in [-0.1, -0.05) is 44.2 Å². The minimum Gasteiger partial charge on any atom is -0.494 e. The first kappa shape index (κ1) is 52.3. The summed E-state index contributed by atoms with van der Waals surface area (Å²) >= 11 is 0. The van der Waals surface area contributed by atoms with Gasteiger partial charge in [0, 0.05) is 37.8 Å². The van der Waals surface area contributed by atoms with Gasteiger partial charge in [-0.15, -0.1) is 0 Å². The third kappa shape index (κ3) is 16.9. The summed E-state index contributed by atoms with van der Waals surface area (Å²) in [5.74, 6) is -4.95. The number of amides is 6. The number of aromatic nitrogens is 1. The minimum absolute atomic E-state index is 0.120. The fourth-order valence-electron chi connectivity index (χ4n) is 6.86. The van der Waals surface area contributed by atoms with Crippen molar-refractivity contribution in [2.75, 3.05) is 44.8 Å². The zero-order chi connectivity index (χ0) is 49.9. The molecule has 5 rings (SSSR count). The van der Waals surface area contributed by atoms with E-state index in [4.69, 9.17) is 4.74 Å². The molecule has 0 radical (unpaired) electrons. The van der Waals surface area contributed by atoms with Gasteiger partial charge in [0.2, 0.25) is 29.5 Å². The number of hydrazone groups is 1. The number of anilines is 1. The van der Waals surface area contributed by atoms with Gasteiger partial charge in [-0.05, 0) is 61.1 Å². The Balaban J connectivity index is 1.16. The molecule has 0 spiro atoms. The Morgan fingerprint density at radius 1 is 0.870 bits per heavy atom. The third-order valence-corrected chi connectivity index (χ3v) is 11.4. The van der Waals surface area contributed by atoms with Gasteiger partial charge in [0.15, 0.2) is 5.96 Å². The second-order valence-electron chi connectivity index (χ2n) is 16.1.